The Bertz CT molecular complexity index is 2900. The predicted octanol–water partition coefficient (Wildman–Crippen LogP) is 13.0. The molecule has 0 unspecified atom stereocenters. The number of hydrogen-bond donors (Lipinski definition) is 0. The maximum atomic E-state index is 5.06. The van der Waals surface area contributed by atoms with Crippen LogP contribution in [0.5, 0.6) is 0 Å². The van der Waals surface area contributed by atoms with Crippen LogP contribution in [-0.4, -0.2) is 19.5 Å². The van der Waals surface area contributed by atoms with Crippen molar-refractivity contribution in [2.75, 3.05) is 0 Å². The Hall–Kier alpha value is -7.43. The van der Waals surface area contributed by atoms with Gasteiger partial charge in [-0.3, -0.25) is 0 Å². The molecule has 0 aliphatic carbocycles. The highest BCUT2D eigenvalue weighted by atomic mass is 15.0. The van der Waals surface area contributed by atoms with Crippen LogP contribution in [0.2, 0.25) is 0 Å². The van der Waals surface area contributed by atoms with E-state index in [0.717, 1.165) is 39.0 Å². The maximum Gasteiger partial charge on any atom is 0.164 e. The Balaban J connectivity index is 1.22. The van der Waals surface area contributed by atoms with Crippen LogP contribution in [0.25, 0.3) is 95.0 Å². The van der Waals surface area contributed by atoms with E-state index in [2.05, 4.69) is 150 Å². The van der Waals surface area contributed by atoms with Gasteiger partial charge in [0.1, 0.15) is 0 Å². The third kappa shape index (κ3) is 5.96. The van der Waals surface area contributed by atoms with Crippen molar-refractivity contribution in [1.29, 1.82) is 0 Å². The van der Waals surface area contributed by atoms with Crippen LogP contribution in [0.15, 0.2) is 206 Å². The zero-order valence-electron chi connectivity index (χ0n) is 29.9. The Morgan fingerprint density at radius 2 is 0.745 bits per heavy atom. The van der Waals surface area contributed by atoms with Crippen molar-refractivity contribution in [1.82, 2.24) is 19.5 Å². The SMILES string of the molecule is c1ccc(-c2nc(-c3ccccc3)nc(-c3cccc(-n4c5ccccc5c5c(-c6ccccc6)cc(-c6ccccc6-c6ccccc6)cc54)c3)n2)cc1. The second-order valence-electron chi connectivity index (χ2n) is 13.6. The van der Waals surface area contributed by atoms with Gasteiger partial charge in [0.05, 0.1) is 11.0 Å². The molecule has 8 aromatic carbocycles. The minimum absolute atomic E-state index is 0.623. The van der Waals surface area contributed by atoms with Gasteiger partial charge in [-0.25, -0.2) is 15.0 Å². The van der Waals surface area contributed by atoms with Gasteiger partial charge in [-0.1, -0.05) is 176 Å². The topological polar surface area (TPSA) is 43.6 Å². The van der Waals surface area contributed by atoms with E-state index in [0.29, 0.717) is 17.5 Å². The van der Waals surface area contributed by atoms with Crippen molar-refractivity contribution in [3.63, 3.8) is 0 Å². The van der Waals surface area contributed by atoms with Crippen LogP contribution in [0.4, 0.5) is 0 Å². The predicted molar refractivity (Wildman–Crippen MR) is 227 cm³/mol. The lowest BCUT2D eigenvalue weighted by Gasteiger charge is -2.15. The molecule has 0 atom stereocenters. The molecule has 2 aromatic heterocycles. The number of para-hydroxylation sites is 1. The first-order valence-electron chi connectivity index (χ1n) is 18.5. The van der Waals surface area contributed by atoms with Crippen LogP contribution in [-0.2, 0) is 0 Å². The van der Waals surface area contributed by atoms with E-state index in [-0.39, 0.29) is 0 Å². The van der Waals surface area contributed by atoms with Gasteiger partial charge in [-0.15, -0.1) is 0 Å². The lowest BCUT2D eigenvalue weighted by Crippen LogP contribution is -2.01. The highest BCUT2D eigenvalue weighted by molar-refractivity contribution is 6.17. The Morgan fingerprint density at radius 3 is 1.35 bits per heavy atom. The third-order valence-corrected chi connectivity index (χ3v) is 10.2. The van der Waals surface area contributed by atoms with E-state index in [1.807, 2.05) is 60.7 Å². The van der Waals surface area contributed by atoms with E-state index in [1.54, 1.807) is 0 Å². The van der Waals surface area contributed by atoms with Crippen LogP contribution in [0.1, 0.15) is 0 Å². The molecule has 4 nitrogen and oxygen atoms in total. The smallest absolute Gasteiger partial charge is 0.164 e. The molecule has 0 bridgehead atoms. The van der Waals surface area contributed by atoms with Crippen molar-refractivity contribution in [2.24, 2.45) is 0 Å². The average molecular weight is 703 g/mol. The molecule has 0 amide bonds. The molecule has 0 radical (unpaired) electrons. The van der Waals surface area contributed by atoms with E-state index >= 15 is 0 Å². The summed E-state index contributed by atoms with van der Waals surface area (Å²) in [6, 6.07) is 72.4. The second kappa shape index (κ2) is 13.8. The summed E-state index contributed by atoms with van der Waals surface area (Å²) < 4.78 is 2.40. The van der Waals surface area contributed by atoms with Crippen LogP contribution < -0.4 is 0 Å². The number of rotatable bonds is 7. The zero-order valence-corrected chi connectivity index (χ0v) is 29.9. The van der Waals surface area contributed by atoms with Crippen LogP contribution in [0.3, 0.4) is 0 Å². The monoisotopic (exact) mass is 702 g/mol. The van der Waals surface area contributed by atoms with Crippen molar-refractivity contribution < 1.29 is 0 Å². The summed E-state index contributed by atoms with van der Waals surface area (Å²) in [6.07, 6.45) is 0. The van der Waals surface area contributed by atoms with Crippen molar-refractivity contribution >= 4 is 21.8 Å². The molecule has 0 N–H and O–H groups in total. The number of fused-ring (bicyclic) bond motifs is 3. The third-order valence-electron chi connectivity index (χ3n) is 10.2. The Labute approximate surface area is 319 Å². The maximum absolute atomic E-state index is 5.06. The molecule has 2 heterocycles. The molecule has 0 saturated carbocycles. The Morgan fingerprint density at radius 1 is 0.291 bits per heavy atom. The molecular formula is C51H34N4. The van der Waals surface area contributed by atoms with Gasteiger partial charge < -0.3 is 4.57 Å². The van der Waals surface area contributed by atoms with Crippen molar-refractivity contribution in [3.05, 3.63) is 206 Å². The summed E-state index contributed by atoms with van der Waals surface area (Å²) >= 11 is 0. The fraction of sp³-hybridized carbons (Fsp3) is 0. The van der Waals surface area contributed by atoms with Gasteiger partial charge in [0, 0.05) is 33.2 Å². The summed E-state index contributed by atoms with van der Waals surface area (Å²) in [5.41, 5.74) is 13.2. The lowest BCUT2D eigenvalue weighted by molar-refractivity contribution is 1.07. The van der Waals surface area contributed by atoms with Gasteiger partial charge in [-0.05, 0) is 63.7 Å². The van der Waals surface area contributed by atoms with Crippen LogP contribution >= 0.6 is 0 Å². The minimum atomic E-state index is 0.623. The van der Waals surface area contributed by atoms with Gasteiger partial charge in [0.15, 0.2) is 17.5 Å². The molecule has 4 heteroatoms. The van der Waals surface area contributed by atoms with Crippen molar-refractivity contribution in [3.8, 4) is 73.2 Å². The fourth-order valence-electron chi connectivity index (χ4n) is 7.70. The second-order valence-corrected chi connectivity index (χ2v) is 13.6. The van der Waals surface area contributed by atoms with Gasteiger partial charge in [0.25, 0.3) is 0 Å². The first-order chi connectivity index (χ1) is 27.3. The standard InChI is InChI=1S/C51H34N4/c1-5-18-35(19-6-1)42-28-13-14-29-43(42)40-33-45(36-20-7-2-8-21-36)48-44-30-15-16-31-46(44)55(47(48)34-40)41-27-17-26-39(32-41)51-53-49(37-22-9-3-10-23-37)52-50(54-51)38-24-11-4-12-25-38/h1-34H. The summed E-state index contributed by atoms with van der Waals surface area (Å²) in [5.74, 6) is 1.90. The quantitative estimate of drug-likeness (QED) is 0.166. The van der Waals surface area contributed by atoms with E-state index < -0.39 is 0 Å². The highest BCUT2D eigenvalue weighted by Gasteiger charge is 2.20. The minimum Gasteiger partial charge on any atom is -0.309 e. The zero-order chi connectivity index (χ0) is 36.6. The molecule has 258 valence electrons. The summed E-state index contributed by atoms with van der Waals surface area (Å²) in [4.78, 5) is 15.1. The first kappa shape index (κ1) is 32.2. The van der Waals surface area contributed by atoms with Gasteiger partial charge in [-0.2, -0.15) is 0 Å². The molecule has 0 aliphatic rings. The normalized spacial score (nSPS) is 11.3. The first-order valence-corrected chi connectivity index (χ1v) is 18.5. The molecule has 10 aromatic rings. The van der Waals surface area contributed by atoms with E-state index in [4.69, 9.17) is 15.0 Å². The average Bonchev–Trinajstić information content (AvgIpc) is 3.61. The van der Waals surface area contributed by atoms with E-state index in [1.165, 1.54) is 38.6 Å². The Kier molecular flexibility index (Phi) is 8.12. The number of nitrogens with zero attached hydrogens (tertiary/aromatic N) is 4. The molecule has 0 saturated heterocycles. The number of benzene rings is 8. The fourth-order valence-corrected chi connectivity index (χ4v) is 7.70. The number of aromatic nitrogens is 4. The highest BCUT2D eigenvalue weighted by Crippen LogP contribution is 2.43. The molecule has 0 spiro atoms. The molecule has 10 rings (SSSR count). The van der Waals surface area contributed by atoms with Gasteiger partial charge >= 0.3 is 0 Å². The summed E-state index contributed by atoms with van der Waals surface area (Å²) in [5, 5.41) is 2.41. The largest absolute Gasteiger partial charge is 0.309 e. The molecule has 0 fully saturated rings. The lowest BCUT2D eigenvalue weighted by atomic mass is 9.90. The summed E-state index contributed by atoms with van der Waals surface area (Å²) in [7, 11) is 0. The molecule has 0 aliphatic heterocycles. The molecular weight excluding hydrogens is 669 g/mol. The summed E-state index contributed by atoms with van der Waals surface area (Å²) in [6.45, 7) is 0. The molecule has 55 heavy (non-hydrogen) atoms. The number of hydrogen-bond acceptors (Lipinski definition) is 3. The van der Waals surface area contributed by atoms with E-state index in [9.17, 15) is 0 Å². The van der Waals surface area contributed by atoms with Crippen LogP contribution in [0, 0.1) is 0 Å². The van der Waals surface area contributed by atoms with Gasteiger partial charge in [0.2, 0.25) is 0 Å². The van der Waals surface area contributed by atoms with Crippen molar-refractivity contribution in [2.45, 2.75) is 0 Å².